The molecule has 1 aliphatic heterocycles. The fourth-order valence-electron chi connectivity index (χ4n) is 3.17. The SMILES string of the molecule is CCNC(=NCC(c1ccc(OC)cc1)N1CCOCC1)NC(C)COC. The van der Waals surface area contributed by atoms with Gasteiger partial charge in [-0.2, -0.15) is 0 Å². The number of guanidine groups is 1. The van der Waals surface area contributed by atoms with Crippen LogP contribution in [0.15, 0.2) is 29.3 Å². The van der Waals surface area contributed by atoms with E-state index in [1.165, 1.54) is 5.56 Å². The Morgan fingerprint density at radius 2 is 1.93 bits per heavy atom. The molecule has 1 saturated heterocycles. The zero-order chi connectivity index (χ0) is 19.5. The number of benzene rings is 1. The van der Waals surface area contributed by atoms with Crippen molar-refractivity contribution in [3.63, 3.8) is 0 Å². The molecule has 0 spiro atoms. The van der Waals surface area contributed by atoms with Crippen molar-refractivity contribution in [3.8, 4) is 5.75 Å². The molecule has 152 valence electrons. The van der Waals surface area contributed by atoms with E-state index in [0.717, 1.165) is 44.6 Å². The standard InChI is InChI=1S/C20H34N4O3/c1-5-21-20(23-16(2)15-25-3)22-14-19(24-10-12-27-13-11-24)17-6-8-18(26-4)9-7-17/h6-9,16,19H,5,10-15H2,1-4H3,(H2,21,22,23). The Kier molecular flexibility index (Phi) is 9.38. The lowest BCUT2D eigenvalue weighted by Crippen LogP contribution is -2.45. The maximum absolute atomic E-state index is 5.53. The van der Waals surface area contributed by atoms with Gasteiger partial charge in [-0.15, -0.1) is 0 Å². The second-order valence-corrected chi connectivity index (χ2v) is 6.66. The minimum Gasteiger partial charge on any atom is -0.497 e. The first-order chi connectivity index (χ1) is 13.2. The van der Waals surface area contributed by atoms with Crippen LogP contribution < -0.4 is 15.4 Å². The third kappa shape index (κ3) is 7.01. The number of hydrogen-bond donors (Lipinski definition) is 2. The highest BCUT2D eigenvalue weighted by atomic mass is 16.5. The molecule has 27 heavy (non-hydrogen) atoms. The highest BCUT2D eigenvalue weighted by Gasteiger charge is 2.22. The molecule has 1 aliphatic rings. The Morgan fingerprint density at radius 3 is 2.52 bits per heavy atom. The van der Waals surface area contributed by atoms with Crippen LogP contribution in [0.25, 0.3) is 0 Å². The molecule has 0 aliphatic carbocycles. The van der Waals surface area contributed by atoms with Crippen molar-refractivity contribution in [1.29, 1.82) is 0 Å². The van der Waals surface area contributed by atoms with Gasteiger partial charge in [-0.05, 0) is 31.5 Å². The molecule has 2 rings (SSSR count). The van der Waals surface area contributed by atoms with E-state index < -0.39 is 0 Å². The number of ether oxygens (including phenoxy) is 3. The van der Waals surface area contributed by atoms with Crippen molar-refractivity contribution in [3.05, 3.63) is 29.8 Å². The van der Waals surface area contributed by atoms with Gasteiger partial charge in [0.25, 0.3) is 0 Å². The maximum Gasteiger partial charge on any atom is 0.191 e. The lowest BCUT2D eigenvalue weighted by Gasteiger charge is -2.34. The van der Waals surface area contributed by atoms with Crippen LogP contribution in [0.5, 0.6) is 5.75 Å². The molecule has 1 aromatic rings. The molecule has 1 fully saturated rings. The van der Waals surface area contributed by atoms with E-state index >= 15 is 0 Å². The zero-order valence-corrected chi connectivity index (χ0v) is 17.0. The fourth-order valence-corrected chi connectivity index (χ4v) is 3.17. The van der Waals surface area contributed by atoms with Crippen LogP contribution in [0, 0.1) is 0 Å². The summed E-state index contributed by atoms with van der Waals surface area (Å²) >= 11 is 0. The molecule has 0 radical (unpaired) electrons. The van der Waals surface area contributed by atoms with Gasteiger partial charge in [-0.25, -0.2) is 0 Å². The Labute approximate surface area is 163 Å². The summed E-state index contributed by atoms with van der Waals surface area (Å²) in [6.07, 6.45) is 0. The first-order valence-corrected chi connectivity index (χ1v) is 9.67. The molecule has 0 aromatic heterocycles. The van der Waals surface area contributed by atoms with Crippen molar-refractivity contribution in [2.45, 2.75) is 25.9 Å². The Balaban J connectivity index is 2.15. The van der Waals surface area contributed by atoms with Gasteiger partial charge in [0.05, 0.1) is 39.5 Å². The number of methoxy groups -OCH3 is 2. The van der Waals surface area contributed by atoms with Crippen molar-refractivity contribution in [2.75, 3.05) is 60.2 Å². The van der Waals surface area contributed by atoms with Gasteiger partial charge in [0.2, 0.25) is 0 Å². The van der Waals surface area contributed by atoms with Gasteiger partial charge in [-0.3, -0.25) is 9.89 Å². The largest absolute Gasteiger partial charge is 0.497 e. The number of morpholine rings is 1. The lowest BCUT2D eigenvalue weighted by molar-refractivity contribution is 0.0179. The van der Waals surface area contributed by atoms with Gasteiger partial charge < -0.3 is 24.8 Å². The average Bonchev–Trinajstić information content (AvgIpc) is 2.69. The van der Waals surface area contributed by atoms with Crippen molar-refractivity contribution in [2.24, 2.45) is 4.99 Å². The van der Waals surface area contributed by atoms with E-state index in [0.29, 0.717) is 13.2 Å². The molecule has 0 bridgehead atoms. The second kappa shape index (κ2) is 11.8. The predicted molar refractivity (Wildman–Crippen MR) is 109 cm³/mol. The molecule has 1 aromatic carbocycles. The second-order valence-electron chi connectivity index (χ2n) is 6.66. The van der Waals surface area contributed by atoms with Crippen molar-refractivity contribution < 1.29 is 14.2 Å². The smallest absolute Gasteiger partial charge is 0.191 e. The Morgan fingerprint density at radius 1 is 1.22 bits per heavy atom. The van der Waals surface area contributed by atoms with Crippen LogP contribution in [-0.2, 0) is 9.47 Å². The summed E-state index contributed by atoms with van der Waals surface area (Å²) < 4.78 is 16.0. The van der Waals surface area contributed by atoms with E-state index in [1.54, 1.807) is 14.2 Å². The molecule has 7 heteroatoms. The molecular weight excluding hydrogens is 344 g/mol. The number of rotatable bonds is 9. The zero-order valence-electron chi connectivity index (χ0n) is 17.0. The van der Waals surface area contributed by atoms with Crippen LogP contribution in [0.1, 0.15) is 25.5 Å². The number of nitrogens with zero attached hydrogens (tertiary/aromatic N) is 2. The van der Waals surface area contributed by atoms with Gasteiger partial charge >= 0.3 is 0 Å². The number of hydrogen-bond acceptors (Lipinski definition) is 5. The summed E-state index contributed by atoms with van der Waals surface area (Å²) in [5, 5.41) is 6.72. The van der Waals surface area contributed by atoms with Crippen LogP contribution in [0.2, 0.25) is 0 Å². The summed E-state index contributed by atoms with van der Waals surface area (Å²) in [4.78, 5) is 7.30. The normalized spacial score (nSPS) is 18.0. The summed E-state index contributed by atoms with van der Waals surface area (Å²) in [5.74, 6) is 1.68. The summed E-state index contributed by atoms with van der Waals surface area (Å²) in [7, 11) is 3.40. The molecule has 0 amide bonds. The van der Waals surface area contributed by atoms with Gasteiger partial charge in [0.15, 0.2) is 5.96 Å². The number of nitrogens with one attached hydrogen (secondary N) is 2. The maximum atomic E-state index is 5.53. The fraction of sp³-hybridized carbons (Fsp3) is 0.650. The van der Waals surface area contributed by atoms with Gasteiger partial charge in [0.1, 0.15) is 5.75 Å². The first-order valence-electron chi connectivity index (χ1n) is 9.67. The van der Waals surface area contributed by atoms with Gasteiger partial charge in [-0.1, -0.05) is 12.1 Å². The predicted octanol–water partition coefficient (Wildman–Crippen LogP) is 1.66. The molecule has 2 atom stereocenters. The minimum absolute atomic E-state index is 0.190. The van der Waals surface area contributed by atoms with E-state index in [2.05, 4.69) is 41.5 Å². The molecule has 1 heterocycles. The van der Waals surface area contributed by atoms with Crippen molar-refractivity contribution >= 4 is 5.96 Å². The third-order valence-corrected chi connectivity index (χ3v) is 4.55. The third-order valence-electron chi connectivity index (χ3n) is 4.55. The van der Waals surface area contributed by atoms with Gasteiger partial charge in [0, 0.05) is 32.8 Å². The molecule has 2 N–H and O–H groups in total. The highest BCUT2D eigenvalue weighted by molar-refractivity contribution is 5.80. The number of aliphatic imine (C=N–C) groups is 1. The van der Waals surface area contributed by atoms with E-state index in [-0.39, 0.29) is 12.1 Å². The van der Waals surface area contributed by atoms with Crippen LogP contribution in [0.3, 0.4) is 0 Å². The summed E-state index contributed by atoms with van der Waals surface area (Å²) in [6, 6.07) is 8.67. The molecule has 2 unspecified atom stereocenters. The molecular formula is C20H34N4O3. The van der Waals surface area contributed by atoms with Crippen LogP contribution in [0.4, 0.5) is 0 Å². The van der Waals surface area contributed by atoms with E-state index in [4.69, 9.17) is 19.2 Å². The summed E-state index contributed by atoms with van der Waals surface area (Å²) in [6.45, 7) is 9.62. The van der Waals surface area contributed by atoms with E-state index in [9.17, 15) is 0 Å². The Hall–Kier alpha value is -1.83. The quantitative estimate of drug-likeness (QED) is 0.503. The molecule has 0 saturated carbocycles. The van der Waals surface area contributed by atoms with Crippen molar-refractivity contribution in [1.82, 2.24) is 15.5 Å². The first kappa shape index (κ1) is 21.5. The van der Waals surface area contributed by atoms with Crippen LogP contribution in [-0.4, -0.2) is 77.1 Å². The topological polar surface area (TPSA) is 67.4 Å². The monoisotopic (exact) mass is 378 g/mol. The summed E-state index contributed by atoms with van der Waals surface area (Å²) in [5.41, 5.74) is 1.24. The minimum atomic E-state index is 0.190. The lowest BCUT2D eigenvalue weighted by atomic mass is 10.0. The van der Waals surface area contributed by atoms with E-state index in [1.807, 2.05) is 12.1 Å². The van der Waals surface area contributed by atoms with Crippen LogP contribution >= 0.6 is 0 Å². The average molecular weight is 379 g/mol. The molecule has 7 nitrogen and oxygen atoms in total. The Bertz CT molecular complexity index is 559. The highest BCUT2D eigenvalue weighted by Crippen LogP contribution is 2.24.